The van der Waals surface area contributed by atoms with E-state index in [1.807, 2.05) is 23.1 Å². The van der Waals surface area contributed by atoms with Gasteiger partial charge in [-0.05, 0) is 132 Å². The van der Waals surface area contributed by atoms with Crippen molar-refractivity contribution in [2.75, 3.05) is 4.90 Å². The number of nitrogens with zero attached hydrogens (tertiary/aromatic N) is 1. The Kier molecular flexibility index (Phi) is 8.20. The van der Waals surface area contributed by atoms with Gasteiger partial charge in [0.15, 0.2) is 0 Å². The van der Waals surface area contributed by atoms with Crippen LogP contribution in [-0.4, -0.2) is 0 Å². The van der Waals surface area contributed by atoms with E-state index in [1.54, 1.807) is 0 Å². The van der Waals surface area contributed by atoms with Gasteiger partial charge in [-0.2, -0.15) is 0 Å². The average Bonchev–Trinajstić information content (AvgIpc) is 3.87. The number of fused-ring (bicyclic) bond motifs is 15. The van der Waals surface area contributed by atoms with Crippen LogP contribution in [0.4, 0.5) is 17.1 Å². The summed E-state index contributed by atoms with van der Waals surface area (Å²) in [5, 5.41) is 2.60. The summed E-state index contributed by atoms with van der Waals surface area (Å²) in [4.78, 5) is 5.24. The smallest absolute Gasteiger partial charge is 0.0736 e. The standard InChI is InChI=1S/C60H51NS2/c1-57(2,3)36-24-30-53-49(32-36)60(50-33-37(58(4,5)6)25-31-54(50)63-53)46-20-13-10-17-41(46)43-29-27-39(35-48(43)60)61(51-21-15-23-55-56(51)44-18-11-14-22-52(44)62-55)38-26-28-42-40-16-9-12-19-45(40)59(7,8)47(42)34-38/h9-35H,1-8H3. The molecule has 2 heterocycles. The Morgan fingerprint density at radius 1 is 0.429 bits per heavy atom. The van der Waals surface area contributed by atoms with E-state index in [2.05, 4.69) is 224 Å². The summed E-state index contributed by atoms with van der Waals surface area (Å²) in [5.74, 6) is 0. The van der Waals surface area contributed by atoms with Crippen LogP contribution in [0.15, 0.2) is 174 Å². The Morgan fingerprint density at radius 3 is 1.60 bits per heavy atom. The molecule has 0 unspecified atom stereocenters. The lowest BCUT2D eigenvalue weighted by atomic mass is 9.65. The second kappa shape index (κ2) is 13.3. The molecule has 3 aliphatic rings. The van der Waals surface area contributed by atoms with Crippen LogP contribution in [0.5, 0.6) is 0 Å². The summed E-state index contributed by atoms with van der Waals surface area (Å²) < 4.78 is 2.61. The predicted molar refractivity (Wildman–Crippen MR) is 270 cm³/mol. The summed E-state index contributed by atoms with van der Waals surface area (Å²) in [5.41, 5.74) is 19.1. The third-order valence-electron chi connectivity index (χ3n) is 14.5. The molecular weight excluding hydrogens is 799 g/mol. The summed E-state index contributed by atoms with van der Waals surface area (Å²) in [6.45, 7) is 18.9. The first kappa shape index (κ1) is 38.8. The van der Waals surface area contributed by atoms with Gasteiger partial charge in [-0.15, -0.1) is 11.3 Å². The Hall–Kier alpha value is -5.87. The molecule has 0 saturated heterocycles. The average molecular weight is 850 g/mol. The third kappa shape index (κ3) is 5.49. The van der Waals surface area contributed by atoms with E-state index in [-0.39, 0.29) is 16.2 Å². The minimum absolute atomic E-state index is 0.0168. The van der Waals surface area contributed by atoms with Crippen LogP contribution in [0.3, 0.4) is 0 Å². The molecule has 12 rings (SSSR count). The quantitative estimate of drug-likeness (QED) is 0.174. The third-order valence-corrected chi connectivity index (χ3v) is 16.7. The maximum Gasteiger partial charge on any atom is 0.0736 e. The van der Waals surface area contributed by atoms with Crippen molar-refractivity contribution in [3.05, 3.63) is 208 Å². The maximum absolute atomic E-state index is 2.58. The van der Waals surface area contributed by atoms with Crippen molar-refractivity contribution < 1.29 is 0 Å². The molecule has 0 N–H and O–H groups in total. The Labute approximate surface area is 380 Å². The van der Waals surface area contributed by atoms with Gasteiger partial charge in [0.25, 0.3) is 0 Å². The SMILES string of the molecule is CC(C)(C)c1ccc2c(c1)C1(c3cc(C(C)(C)C)ccc3S2)c2ccccc2-c2ccc(N(c3ccc4c(c3)C(C)(C)c3ccccc3-4)c3cccc4sc5ccccc5c34)cc21. The molecule has 2 aliphatic carbocycles. The first-order chi connectivity index (χ1) is 30.2. The molecule has 0 radical (unpaired) electrons. The molecule has 0 atom stereocenters. The highest BCUT2D eigenvalue weighted by Gasteiger charge is 2.51. The van der Waals surface area contributed by atoms with Gasteiger partial charge in [-0.3, -0.25) is 0 Å². The van der Waals surface area contributed by atoms with E-state index < -0.39 is 5.41 Å². The molecule has 1 nitrogen and oxygen atoms in total. The zero-order valence-corrected chi connectivity index (χ0v) is 39.0. The minimum atomic E-state index is -0.533. The zero-order valence-electron chi connectivity index (χ0n) is 37.4. The van der Waals surface area contributed by atoms with Gasteiger partial charge < -0.3 is 4.90 Å². The fraction of sp³-hybridized carbons (Fsp3) is 0.200. The molecule has 0 bridgehead atoms. The van der Waals surface area contributed by atoms with Crippen molar-refractivity contribution >= 4 is 60.3 Å². The Bertz CT molecular complexity index is 3320. The topological polar surface area (TPSA) is 3.24 Å². The molecule has 0 fully saturated rings. The van der Waals surface area contributed by atoms with Crippen molar-refractivity contribution in [3.63, 3.8) is 0 Å². The van der Waals surface area contributed by atoms with Crippen LogP contribution in [0, 0.1) is 0 Å². The second-order valence-corrected chi connectivity index (χ2v) is 22.7. The molecule has 1 spiro atoms. The number of hydrogen-bond donors (Lipinski definition) is 0. The van der Waals surface area contributed by atoms with Crippen LogP contribution >= 0.6 is 23.1 Å². The lowest BCUT2D eigenvalue weighted by molar-refractivity contribution is 0.581. The van der Waals surface area contributed by atoms with Crippen molar-refractivity contribution in [2.45, 2.75) is 86.8 Å². The van der Waals surface area contributed by atoms with Gasteiger partial charge in [-0.25, -0.2) is 0 Å². The second-order valence-electron chi connectivity index (χ2n) is 20.5. The zero-order chi connectivity index (χ0) is 43.2. The maximum atomic E-state index is 2.58. The highest BCUT2D eigenvalue weighted by Crippen LogP contribution is 2.64. The van der Waals surface area contributed by atoms with E-state index in [9.17, 15) is 0 Å². The van der Waals surface area contributed by atoms with Crippen molar-refractivity contribution in [3.8, 4) is 22.3 Å². The van der Waals surface area contributed by atoms with E-state index in [0.717, 1.165) is 5.69 Å². The van der Waals surface area contributed by atoms with Gasteiger partial charge in [0, 0.05) is 46.8 Å². The normalized spacial score (nSPS) is 15.2. The summed E-state index contributed by atoms with van der Waals surface area (Å²) in [6, 6.07) is 63.4. The molecule has 308 valence electrons. The largest absolute Gasteiger partial charge is 0.310 e. The van der Waals surface area contributed by atoms with Gasteiger partial charge in [0.2, 0.25) is 0 Å². The number of hydrogen-bond acceptors (Lipinski definition) is 3. The molecule has 1 aliphatic heterocycles. The Balaban J connectivity index is 1.18. The van der Waals surface area contributed by atoms with Crippen LogP contribution in [0.2, 0.25) is 0 Å². The molecule has 0 saturated carbocycles. The van der Waals surface area contributed by atoms with Gasteiger partial charge in [0.05, 0.1) is 11.1 Å². The Morgan fingerprint density at radius 2 is 0.952 bits per heavy atom. The van der Waals surface area contributed by atoms with E-state index >= 15 is 0 Å². The molecule has 8 aromatic carbocycles. The molecule has 0 amide bonds. The summed E-state index contributed by atoms with van der Waals surface area (Å²) in [6.07, 6.45) is 0. The van der Waals surface area contributed by atoms with Crippen molar-refractivity contribution in [2.24, 2.45) is 0 Å². The molecular formula is C60H51NS2. The molecule has 63 heavy (non-hydrogen) atoms. The first-order valence-electron chi connectivity index (χ1n) is 22.4. The number of anilines is 3. The van der Waals surface area contributed by atoms with Crippen LogP contribution < -0.4 is 4.90 Å². The number of thiophene rings is 1. The van der Waals surface area contributed by atoms with Gasteiger partial charge in [-0.1, -0.05) is 176 Å². The first-order valence-corrected chi connectivity index (χ1v) is 24.0. The highest BCUT2D eigenvalue weighted by molar-refractivity contribution is 7.99. The molecule has 1 aromatic heterocycles. The monoisotopic (exact) mass is 849 g/mol. The van der Waals surface area contributed by atoms with Crippen molar-refractivity contribution in [1.82, 2.24) is 0 Å². The van der Waals surface area contributed by atoms with E-state index in [1.165, 1.54) is 108 Å². The fourth-order valence-electron chi connectivity index (χ4n) is 11.2. The summed E-state index contributed by atoms with van der Waals surface area (Å²) in [7, 11) is 0. The van der Waals surface area contributed by atoms with Gasteiger partial charge >= 0.3 is 0 Å². The van der Waals surface area contributed by atoms with E-state index in [0.29, 0.717) is 0 Å². The number of rotatable bonds is 3. The molecule has 3 heteroatoms. The number of benzene rings is 8. The van der Waals surface area contributed by atoms with Crippen LogP contribution in [0.1, 0.15) is 99.9 Å². The van der Waals surface area contributed by atoms with E-state index in [4.69, 9.17) is 0 Å². The van der Waals surface area contributed by atoms with Crippen LogP contribution in [0.25, 0.3) is 42.4 Å². The molecule has 9 aromatic rings. The summed E-state index contributed by atoms with van der Waals surface area (Å²) >= 11 is 3.82. The fourth-order valence-corrected chi connectivity index (χ4v) is 13.5. The lowest BCUT2D eigenvalue weighted by Crippen LogP contribution is -2.33. The van der Waals surface area contributed by atoms with Gasteiger partial charge in [0.1, 0.15) is 0 Å². The van der Waals surface area contributed by atoms with Crippen LogP contribution in [-0.2, 0) is 21.7 Å². The van der Waals surface area contributed by atoms with Crippen molar-refractivity contribution in [1.29, 1.82) is 0 Å². The predicted octanol–water partition coefficient (Wildman–Crippen LogP) is 17.3. The lowest BCUT2D eigenvalue weighted by Gasteiger charge is -2.41. The highest BCUT2D eigenvalue weighted by atomic mass is 32.2. The minimum Gasteiger partial charge on any atom is -0.310 e.